The Bertz CT molecular complexity index is 512. The molecule has 1 N–H and O–H groups in total. The fraction of sp³-hybridized carbons (Fsp3) is 0.588. The highest BCUT2D eigenvalue weighted by Gasteiger charge is 2.30. The maximum absolute atomic E-state index is 12.5. The first-order valence-corrected chi connectivity index (χ1v) is 7.72. The molecule has 2 saturated heterocycles. The Labute approximate surface area is 121 Å². The number of aryl methyl sites for hydroxylation is 2. The summed E-state index contributed by atoms with van der Waals surface area (Å²) < 4.78 is 0. The van der Waals surface area contributed by atoms with Gasteiger partial charge in [-0.3, -0.25) is 4.79 Å². The van der Waals surface area contributed by atoms with Crippen molar-refractivity contribution in [2.75, 3.05) is 13.1 Å². The summed E-state index contributed by atoms with van der Waals surface area (Å²) in [5.74, 6) is 0.280. The average molecular weight is 272 g/mol. The minimum atomic E-state index is 0.280. The van der Waals surface area contributed by atoms with Crippen molar-refractivity contribution in [2.24, 2.45) is 0 Å². The quantitative estimate of drug-likeness (QED) is 0.895. The molecule has 0 aromatic heterocycles. The highest BCUT2D eigenvalue weighted by atomic mass is 16.2. The minimum Gasteiger partial charge on any atom is -0.341 e. The SMILES string of the molecule is Cc1ccc(CC(=O)N2CCC3CCC(C2)N3)cc1C. The Hall–Kier alpha value is -1.35. The lowest BCUT2D eigenvalue weighted by atomic mass is 10.0. The van der Waals surface area contributed by atoms with E-state index in [-0.39, 0.29) is 5.91 Å². The Morgan fingerprint density at radius 3 is 2.80 bits per heavy atom. The van der Waals surface area contributed by atoms with Crippen LogP contribution in [0.5, 0.6) is 0 Å². The third-order valence-corrected chi connectivity index (χ3v) is 4.80. The van der Waals surface area contributed by atoms with Crippen molar-refractivity contribution in [3.05, 3.63) is 34.9 Å². The molecule has 2 heterocycles. The second kappa shape index (κ2) is 5.57. The number of likely N-dealkylation sites (tertiary alicyclic amines) is 1. The van der Waals surface area contributed by atoms with E-state index >= 15 is 0 Å². The molecule has 2 bridgehead atoms. The standard InChI is InChI=1S/C17H24N2O/c1-12-3-4-14(9-13(12)2)10-17(20)19-8-7-15-5-6-16(11-19)18-15/h3-4,9,15-16,18H,5-8,10-11H2,1-2H3. The topological polar surface area (TPSA) is 32.3 Å². The largest absolute Gasteiger partial charge is 0.341 e. The summed E-state index contributed by atoms with van der Waals surface area (Å²) in [4.78, 5) is 14.6. The molecule has 3 rings (SSSR count). The van der Waals surface area contributed by atoms with Crippen LogP contribution in [0.15, 0.2) is 18.2 Å². The van der Waals surface area contributed by atoms with E-state index < -0.39 is 0 Å². The van der Waals surface area contributed by atoms with Crippen LogP contribution in [0.3, 0.4) is 0 Å². The van der Waals surface area contributed by atoms with E-state index in [0.717, 1.165) is 25.1 Å². The monoisotopic (exact) mass is 272 g/mol. The van der Waals surface area contributed by atoms with Crippen LogP contribution in [0.25, 0.3) is 0 Å². The molecule has 2 unspecified atom stereocenters. The second-order valence-electron chi connectivity index (χ2n) is 6.36. The van der Waals surface area contributed by atoms with E-state index in [2.05, 4.69) is 42.3 Å². The van der Waals surface area contributed by atoms with Crippen LogP contribution < -0.4 is 5.32 Å². The van der Waals surface area contributed by atoms with E-state index in [1.807, 2.05) is 0 Å². The second-order valence-corrected chi connectivity index (χ2v) is 6.36. The van der Waals surface area contributed by atoms with Crippen molar-refractivity contribution in [1.29, 1.82) is 0 Å². The molecule has 3 nitrogen and oxygen atoms in total. The van der Waals surface area contributed by atoms with Crippen LogP contribution in [0, 0.1) is 13.8 Å². The molecule has 0 aliphatic carbocycles. The average Bonchev–Trinajstić information content (AvgIpc) is 2.73. The lowest BCUT2D eigenvalue weighted by molar-refractivity contribution is -0.130. The third-order valence-electron chi connectivity index (χ3n) is 4.80. The Balaban J connectivity index is 1.65. The van der Waals surface area contributed by atoms with Crippen LogP contribution >= 0.6 is 0 Å². The summed E-state index contributed by atoms with van der Waals surface area (Å²) in [5, 5.41) is 3.62. The van der Waals surface area contributed by atoms with Gasteiger partial charge in [-0.25, -0.2) is 0 Å². The van der Waals surface area contributed by atoms with Gasteiger partial charge in [-0.05, 0) is 49.8 Å². The molecule has 2 aliphatic rings. The lowest BCUT2D eigenvalue weighted by Gasteiger charge is -2.24. The van der Waals surface area contributed by atoms with Crippen LogP contribution in [-0.4, -0.2) is 36.0 Å². The number of carbonyl (C=O) groups is 1. The summed E-state index contributed by atoms with van der Waals surface area (Å²) >= 11 is 0. The van der Waals surface area contributed by atoms with Gasteiger partial charge >= 0.3 is 0 Å². The van der Waals surface area contributed by atoms with E-state index in [9.17, 15) is 4.79 Å². The van der Waals surface area contributed by atoms with Gasteiger partial charge in [-0.2, -0.15) is 0 Å². The number of hydrogen-bond acceptors (Lipinski definition) is 2. The van der Waals surface area contributed by atoms with Gasteiger partial charge in [0, 0.05) is 25.2 Å². The van der Waals surface area contributed by atoms with E-state index in [4.69, 9.17) is 0 Å². The third kappa shape index (κ3) is 2.88. The molecular formula is C17H24N2O. The predicted molar refractivity (Wildman–Crippen MR) is 80.8 cm³/mol. The number of rotatable bonds is 2. The summed E-state index contributed by atoms with van der Waals surface area (Å²) in [5.41, 5.74) is 3.70. The molecule has 0 saturated carbocycles. The fourth-order valence-electron chi connectivity index (χ4n) is 3.37. The van der Waals surface area contributed by atoms with E-state index in [0.29, 0.717) is 18.5 Å². The molecule has 0 radical (unpaired) electrons. The van der Waals surface area contributed by atoms with Crippen LogP contribution in [-0.2, 0) is 11.2 Å². The van der Waals surface area contributed by atoms with Gasteiger partial charge in [-0.15, -0.1) is 0 Å². The zero-order valence-electron chi connectivity index (χ0n) is 12.5. The van der Waals surface area contributed by atoms with Crippen molar-refractivity contribution in [1.82, 2.24) is 10.2 Å². The molecule has 2 aliphatic heterocycles. The van der Waals surface area contributed by atoms with Crippen molar-refractivity contribution in [2.45, 2.75) is 51.6 Å². The molecule has 20 heavy (non-hydrogen) atoms. The molecule has 1 aromatic rings. The zero-order valence-corrected chi connectivity index (χ0v) is 12.5. The molecule has 3 heteroatoms. The minimum absolute atomic E-state index is 0.280. The van der Waals surface area contributed by atoms with Gasteiger partial charge in [0.25, 0.3) is 0 Å². The Kier molecular flexibility index (Phi) is 3.79. The Morgan fingerprint density at radius 2 is 2.00 bits per heavy atom. The van der Waals surface area contributed by atoms with Crippen molar-refractivity contribution in [3.63, 3.8) is 0 Å². The molecule has 2 fully saturated rings. The molecule has 0 spiro atoms. The number of hydrogen-bond donors (Lipinski definition) is 1. The highest BCUT2D eigenvalue weighted by Crippen LogP contribution is 2.21. The van der Waals surface area contributed by atoms with Gasteiger partial charge in [0.15, 0.2) is 0 Å². The van der Waals surface area contributed by atoms with Crippen LogP contribution in [0.4, 0.5) is 0 Å². The molecular weight excluding hydrogens is 248 g/mol. The smallest absolute Gasteiger partial charge is 0.227 e. The number of benzene rings is 1. The first-order valence-electron chi connectivity index (χ1n) is 7.72. The summed E-state index contributed by atoms with van der Waals surface area (Å²) in [6.07, 6.45) is 4.15. The first-order chi connectivity index (χ1) is 9.61. The van der Waals surface area contributed by atoms with E-state index in [1.54, 1.807) is 0 Å². The molecule has 2 atom stereocenters. The number of fused-ring (bicyclic) bond motifs is 2. The maximum Gasteiger partial charge on any atom is 0.227 e. The molecule has 1 amide bonds. The predicted octanol–water partition coefficient (Wildman–Crippen LogP) is 2.20. The van der Waals surface area contributed by atoms with Gasteiger partial charge in [0.05, 0.1) is 6.42 Å². The maximum atomic E-state index is 12.5. The first kappa shape index (κ1) is 13.6. The molecule has 1 aromatic carbocycles. The van der Waals surface area contributed by atoms with Crippen molar-refractivity contribution < 1.29 is 4.79 Å². The lowest BCUT2D eigenvalue weighted by Crippen LogP contribution is -2.39. The van der Waals surface area contributed by atoms with Crippen LogP contribution in [0.2, 0.25) is 0 Å². The number of nitrogens with zero attached hydrogens (tertiary/aromatic N) is 1. The van der Waals surface area contributed by atoms with Crippen molar-refractivity contribution >= 4 is 5.91 Å². The summed E-state index contributed by atoms with van der Waals surface area (Å²) in [7, 11) is 0. The highest BCUT2D eigenvalue weighted by molar-refractivity contribution is 5.79. The number of amides is 1. The van der Waals surface area contributed by atoms with Gasteiger partial charge < -0.3 is 10.2 Å². The van der Waals surface area contributed by atoms with Crippen LogP contribution in [0.1, 0.15) is 36.0 Å². The van der Waals surface area contributed by atoms with Gasteiger partial charge in [0.1, 0.15) is 0 Å². The van der Waals surface area contributed by atoms with E-state index in [1.165, 1.54) is 24.0 Å². The Morgan fingerprint density at radius 1 is 1.20 bits per heavy atom. The number of nitrogens with one attached hydrogen (secondary N) is 1. The normalized spacial score (nSPS) is 25.6. The van der Waals surface area contributed by atoms with Crippen molar-refractivity contribution in [3.8, 4) is 0 Å². The molecule has 108 valence electrons. The summed E-state index contributed by atoms with van der Waals surface area (Å²) in [6.45, 7) is 6.02. The van der Waals surface area contributed by atoms with Gasteiger partial charge in [0.2, 0.25) is 5.91 Å². The summed E-state index contributed by atoms with van der Waals surface area (Å²) in [6, 6.07) is 7.51. The van der Waals surface area contributed by atoms with Gasteiger partial charge in [-0.1, -0.05) is 18.2 Å². The number of carbonyl (C=O) groups excluding carboxylic acids is 1. The fourth-order valence-corrected chi connectivity index (χ4v) is 3.37. The zero-order chi connectivity index (χ0) is 14.1.